The van der Waals surface area contributed by atoms with Crippen molar-refractivity contribution in [2.24, 2.45) is 0 Å². The molecule has 0 aromatic heterocycles. The van der Waals surface area contributed by atoms with E-state index in [1.165, 1.54) is 23.9 Å². The molecule has 0 saturated carbocycles. The van der Waals surface area contributed by atoms with E-state index < -0.39 is 33.8 Å². The second-order valence-electron chi connectivity index (χ2n) is 8.27. The first-order chi connectivity index (χ1) is 16.9. The van der Waals surface area contributed by atoms with Crippen LogP contribution in [-0.2, 0) is 29.0 Å². The topological polar surface area (TPSA) is 111 Å². The van der Waals surface area contributed by atoms with E-state index in [2.05, 4.69) is 10.8 Å². The summed E-state index contributed by atoms with van der Waals surface area (Å²) in [4.78, 5) is 32.4. The molecule has 2 unspecified atom stereocenters. The molecule has 2 aromatic rings. The van der Waals surface area contributed by atoms with Gasteiger partial charge in [0.05, 0.1) is 10.6 Å². The molecule has 0 bridgehead atoms. The number of amides is 2. The molecular weight excluding hydrogens is 488 g/mol. The lowest BCUT2D eigenvalue weighted by Crippen LogP contribution is -2.51. The lowest BCUT2D eigenvalue weighted by Gasteiger charge is -2.24. The molecule has 1 saturated heterocycles. The van der Waals surface area contributed by atoms with E-state index in [0.717, 1.165) is 29.1 Å². The zero-order chi connectivity index (χ0) is 25.1. The van der Waals surface area contributed by atoms with Gasteiger partial charge < -0.3 is 10.1 Å². The van der Waals surface area contributed by atoms with Crippen molar-refractivity contribution in [2.45, 2.75) is 72.5 Å². The summed E-state index contributed by atoms with van der Waals surface area (Å²) in [5.41, 5.74) is 2.28. The van der Waals surface area contributed by atoms with Crippen LogP contribution >= 0.6 is 11.8 Å². The predicted molar refractivity (Wildman–Crippen MR) is 133 cm³/mol. The van der Waals surface area contributed by atoms with Gasteiger partial charge in [0.15, 0.2) is 16.1 Å². The predicted octanol–water partition coefficient (Wildman–Crippen LogP) is 3.86. The Morgan fingerprint density at radius 3 is 2.46 bits per heavy atom. The van der Waals surface area contributed by atoms with Gasteiger partial charge in [-0.15, -0.1) is 0 Å². The number of hydrogen-bond donors (Lipinski definition) is 2. The number of nitrogens with one attached hydrogen (secondary N) is 2. The van der Waals surface area contributed by atoms with Crippen molar-refractivity contribution in [3.63, 3.8) is 0 Å². The van der Waals surface area contributed by atoms with Gasteiger partial charge in [0, 0.05) is 29.2 Å². The molecule has 1 aliphatic rings. The van der Waals surface area contributed by atoms with Crippen LogP contribution in [-0.4, -0.2) is 44.9 Å². The summed E-state index contributed by atoms with van der Waals surface area (Å²) in [6.07, 6.45) is 3.51. The fraction of sp³-hybridized carbons (Fsp3) is 0.440. The number of hydroxylamine groups is 1. The average Bonchev–Trinajstić information content (AvgIpc) is 2.87. The van der Waals surface area contributed by atoms with Gasteiger partial charge in [-0.3, -0.25) is 9.59 Å². The molecule has 8 nitrogen and oxygen atoms in total. The van der Waals surface area contributed by atoms with Crippen LogP contribution in [0.4, 0.5) is 0 Å². The Morgan fingerprint density at radius 1 is 1.09 bits per heavy atom. The normalized spacial score (nSPS) is 16.9. The molecule has 2 aromatic carbocycles. The van der Waals surface area contributed by atoms with Gasteiger partial charge in [0.2, 0.25) is 5.91 Å². The van der Waals surface area contributed by atoms with E-state index in [0.29, 0.717) is 19.4 Å². The lowest BCUT2D eigenvalue weighted by atomic mass is 10.2. The summed E-state index contributed by atoms with van der Waals surface area (Å²) in [6, 6.07) is 14.9. The maximum atomic E-state index is 13.1. The minimum atomic E-state index is -3.88. The number of carbonyl (C=O) groups excluding carboxylic acids is 2. The van der Waals surface area contributed by atoms with E-state index in [1.54, 1.807) is 12.1 Å². The molecule has 1 aliphatic heterocycles. The monoisotopic (exact) mass is 520 g/mol. The Balaban J connectivity index is 1.67. The molecule has 1 fully saturated rings. The van der Waals surface area contributed by atoms with Crippen molar-refractivity contribution >= 4 is 33.4 Å². The highest BCUT2D eigenvalue weighted by Gasteiger charge is 2.29. The molecule has 3 rings (SSSR count). The van der Waals surface area contributed by atoms with Gasteiger partial charge >= 0.3 is 0 Å². The van der Waals surface area contributed by atoms with Gasteiger partial charge in [-0.05, 0) is 55.7 Å². The second-order valence-corrected chi connectivity index (χ2v) is 11.5. The van der Waals surface area contributed by atoms with E-state index >= 15 is 0 Å². The first kappa shape index (κ1) is 27.2. The Bertz CT molecular complexity index is 1060. The maximum absolute atomic E-state index is 13.1. The van der Waals surface area contributed by atoms with Crippen molar-refractivity contribution < 1.29 is 27.6 Å². The Hall–Kier alpha value is -2.40. The number of unbranched alkanes of at least 4 members (excludes halogenated alkanes) is 1. The summed E-state index contributed by atoms with van der Waals surface area (Å²) >= 11 is 1.52. The van der Waals surface area contributed by atoms with Gasteiger partial charge in [-0.1, -0.05) is 43.3 Å². The van der Waals surface area contributed by atoms with Crippen LogP contribution in [0.5, 0.6) is 0 Å². The van der Waals surface area contributed by atoms with E-state index in [4.69, 9.17) is 9.57 Å². The highest BCUT2D eigenvalue weighted by atomic mass is 32.2. The molecular formula is C25H32N2O6S2. The van der Waals surface area contributed by atoms with E-state index in [9.17, 15) is 18.0 Å². The van der Waals surface area contributed by atoms with Crippen molar-refractivity contribution in [3.8, 4) is 0 Å². The van der Waals surface area contributed by atoms with Crippen LogP contribution in [0.25, 0.3) is 0 Å². The summed E-state index contributed by atoms with van der Waals surface area (Å²) in [6.45, 7) is 2.48. The summed E-state index contributed by atoms with van der Waals surface area (Å²) in [7, 11) is -3.88. The van der Waals surface area contributed by atoms with E-state index in [-0.39, 0.29) is 17.2 Å². The number of benzene rings is 2. The molecule has 35 heavy (non-hydrogen) atoms. The van der Waals surface area contributed by atoms with Crippen LogP contribution < -0.4 is 10.8 Å². The standard InChI is InChI=1S/C25H32N2O6S2/c1-2-3-11-23(28)26-22(25(29)27-33-24-12-7-8-17-32-24)18-35(30,31)21-15-13-20(14-16-21)34-19-9-5-4-6-10-19/h4-6,9-10,13-16,22,24H,2-3,7-8,11-12,17-18H2,1H3,(H,26,28)(H,27,29). The number of rotatable bonds is 12. The van der Waals surface area contributed by atoms with Crippen LogP contribution in [0.15, 0.2) is 69.3 Å². The largest absolute Gasteiger partial charge is 0.350 e. The SMILES string of the molecule is CCCCC(=O)NC(CS(=O)(=O)c1ccc(Sc2ccccc2)cc1)C(=O)NOC1CCCCO1. The third-order valence-corrected chi connectivity index (χ3v) is 8.16. The maximum Gasteiger partial charge on any atom is 0.267 e. The van der Waals surface area contributed by atoms with Crippen LogP contribution in [0.2, 0.25) is 0 Å². The molecule has 2 atom stereocenters. The summed E-state index contributed by atoms with van der Waals surface area (Å²) in [5, 5.41) is 2.55. The van der Waals surface area contributed by atoms with Crippen molar-refractivity contribution in [3.05, 3.63) is 54.6 Å². The van der Waals surface area contributed by atoms with Gasteiger partial charge in [-0.25, -0.2) is 18.7 Å². The highest BCUT2D eigenvalue weighted by molar-refractivity contribution is 7.99. The number of ether oxygens (including phenoxy) is 1. The Kier molecular flexibility index (Phi) is 10.6. The smallest absolute Gasteiger partial charge is 0.267 e. The molecule has 0 spiro atoms. The van der Waals surface area contributed by atoms with Gasteiger partial charge in [0.25, 0.3) is 5.91 Å². The number of hydrogen-bond acceptors (Lipinski definition) is 7. The van der Waals surface area contributed by atoms with Crippen LogP contribution in [0.3, 0.4) is 0 Å². The first-order valence-electron chi connectivity index (χ1n) is 11.8. The molecule has 2 amide bonds. The van der Waals surface area contributed by atoms with Crippen molar-refractivity contribution in [1.82, 2.24) is 10.8 Å². The zero-order valence-electron chi connectivity index (χ0n) is 19.8. The van der Waals surface area contributed by atoms with Crippen molar-refractivity contribution in [1.29, 1.82) is 0 Å². The summed E-state index contributed by atoms with van der Waals surface area (Å²) < 4.78 is 31.7. The van der Waals surface area contributed by atoms with E-state index in [1.807, 2.05) is 37.3 Å². The fourth-order valence-corrected chi connectivity index (χ4v) is 5.70. The van der Waals surface area contributed by atoms with Gasteiger partial charge in [-0.2, -0.15) is 0 Å². The third-order valence-electron chi connectivity index (χ3n) is 5.39. The molecule has 0 radical (unpaired) electrons. The first-order valence-corrected chi connectivity index (χ1v) is 14.3. The van der Waals surface area contributed by atoms with Crippen molar-refractivity contribution in [2.75, 3.05) is 12.4 Å². The molecule has 0 aliphatic carbocycles. The molecule has 190 valence electrons. The average molecular weight is 521 g/mol. The lowest BCUT2D eigenvalue weighted by molar-refractivity contribution is -0.201. The fourth-order valence-electron chi connectivity index (χ4n) is 3.44. The van der Waals surface area contributed by atoms with Crippen LogP contribution in [0.1, 0.15) is 45.4 Å². The Morgan fingerprint density at radius 2 is 1.80 bits per heavy atom. The second kappa shape index (κ2) is 13.6. The van der Waals surface area contributed by atoms with Gasteiger partial charge in [0.1, 0.15) is 6.04 Å². The zero-order valence-corrected chi connectivity index (χ0v) is 21.4. The minimum absolute atomic E-state index is 0.0760. The quantitative estimate of drug-likeness (QED) is 0.409. The van der Waals surface area contributed by atoms with Crippen LogP contribution in [0, 0.1) is 0 Å². The molecule has 1 heterocycles. The number of carbonyl (C=O) groups is 2. The highest BCUT2D eigenvalue weighted by Crippen LogP contribution is 2.28. The Labute approximate surface area is 211 Å². The molecule has 2 N–H and O–H groups in total. The summed E-state index contributed by atoms with van der Waals surface area (Å²) in [5.74, 6) is -1.70. The number of sulfone groups is 1. The molecule has 10 heteroatoms. The minimum Gasteiger partial charge on any atom is -0.350 e. The third kappa shape index (κ3) is 8.96.